The molecule has 0 N–H and O–H groups in total. The Morgan fingerprint density at radius 3 is 1.92 bits per heavy atom. The predicted molar refractivity (Wildman–Crippen MR) is 51.3 cm³/mol. The van der Waals surface area contributed by atoms with Crippen molar-refractivity contribution in [2.75, 3.05) is 0 Å². The van der Waals surface area contributed by atoms with E-state index >= 15 is 0 Å². The molecule has 0 atom stereocenters. The first kappa shape index (κ1) is 15.3. The van der Waals surface area contributed by atoms with Gasteiger partial charge in [0.1, 0.15) is 0 Å². The fraction of sp³-hybridized carbons (Fsp3) is 0.818. The Kier molecular flexibility index (Phi) is 10.8. The van der Waals surface area contributed by atoms with Gasteiger partial charge in [0.15, 0.2) is 0 Å². The first-order valence-electron chi connectivity index (χ1n) is 4.58. The van der Waals surface area contributed by atoms with Crippen LogP contribution in [0, 0.1) is 17.9 Å². The minimum absolute atomic E-state index is 0. The van der Waals surface area contributed by atoms with Gasteiger partial charge in [0.2, 0.25) is 0 Å². The normalized spacial score (nSPS) is 12.1. The van der Waals surface area contributed by atoms with Crippen molar-refractivity contribution in [1.82, 2.24) is 0 Å². The average Bonchev–Trinajstić information content (AvgIpc) is 1.82. The molecule has 12 heavy (non-hydrogen) atoms. The number of hydrogen-bond donors (Lipinski definition) is 0. The Balaban J connectivity index is 0. The number of allylic oxidation sites excluding steroid dienone is 2. The van der Waals surface area contributed by atoms with E-state index < -0.39 is 0 Å². The zero-order valence-electron chi connectivity index (χ0n) is 9.15. The molecule has 0 aliphatic carbocycles. The smallest absolute Gasteiger partial charge is 0 e. The van der Waals surface area contributed by atoms with E-state index in [1.807, 2.05) is 0 Å². The van der Waals surface area contributed by atoms with Crippen LogP contribution in [0.2, 0.25) is 0 Å². The minimum Gasteiger partial charge on any atom is -0.497 e. The van der Waals surface area contributed by atoms with Crippen LogP contribution in [-0.2, 0) is 32.7 Å². The van der Waals surface area contributed by atoms with Crippen molar-refractivity contribution in [1.29, 1.82) is 0 Å². The van der Waals surface area contributed by atoms with Gasteiger partial charge in [-0.05, 0) is 5.92 Å². The first-order chi connectivity index (χ1) is 5.02. The quantitative estimate of drug-likeness (QED) is 0.657. The molecule has 69 valence electrons. The molecule has 1 heteroatoms. The molecule has 0 aromatic carbocycles. The zero-order valence-corrected chi connectivity index (χ0v) is 12.0. The van der Waals surface area contributed by atoms with Gasteiger partial charge in [0.05, 0.1) is 0 Å². The summed E-state index contributed by atoms with van der Waals surface area (Å²) in [6.45, 7) is 11.1. The maximum Gasteiger partial charge on any atom is 0 e. The van der Waals surface area contributed by atoms with Gasteiger partial charge in [0, 0.05) is 32.7 Å². The van der Waals surface area contributed by atoms with Crippen LogP contribution >= 0.6 is 0 Å². The maximum atomic E-state index is 3.43. The third-order valence-corrected chi connectivity index (χ3v) is 1.53. The summed E-state index contributed by atoms with van der Waals surface area (Å²) < 4.78 is 0. The maximum absolute atomic E-state index is 3.43. The predicted octanol–water partition coefficient (Wildman–Crippen LogP) is 3.83. The summed E-state index contributed by atoms with van der Waals surface area (Å²) in [7, 11) is 0. The van der Waals surface area contributed by atoms with Crippen LogP contribution in [0.1, 0.15) is 47.5 Å². The van der Waals surface area contributed by atoms with Crippen LogP contribution in [0.25, 0.3) is 0 Å². The van der Waals surface area contributed by atoms with E-state index in [4.69, 9.17) is 0 Å². The summed E-state index contributed by atoms with van der Waals surface area (Å²) in [5, 5.41) is 0. The van der Waals surface area contributed by atoms with Crippen molar-refractivity contribution in [3.05, 3.63) is 11.6 Å². The fourth-order valence-electron chi connectivity index (χ4n) is 1.06. The van der Waals surface area contributed by atoms with Gasteiger partial charge in [-0.1, -0.05) is 47.0 Å². The van der Waals surface area contributed by atoms with E-state index in [1.165, 1.54) is 12.0 Å². The first-order valence-corrected chi connectivity index (χ1v) is 4.58. The molecule has 0 aliphatic heterocycles. The van der Waals surface area contributed by atoms with E-state index in [1.54, 1.807) is 0 Å². The minimum atomic E-state index is 0. The molecule has 0 aromatic rings. The van der Waals surface area contributed by atoms with Gasteiger partial charge >= 0.3 is 0 Å². The molecule has 0 aromatic heterocycles. The molecule has 0 rings (SSSR count). The van der Waals surface area contributed by atoms with Crippen molar-refractivity contribution in [3.8, 4) is 0 Å². The topological polar surface area (TPSA) is 0 Å². The molecule has 0 heterocycles. The van der Waals surface area contributed by atoms with Crippen molar-refractivity contribution < 1.29 is 32.7 Å². The van der Waals surface area contributed by atoms with Gasteiger partial charge in [-0.15, -0.1) is 0 Å². The Bertz CT molecular complexity index is 123. The largest absolute Gasteiger partial charge is 0.497 e. The van der Waals surface area contributed by atoms with Crippen molar-refractivity contribution in [2.24, 2.45) is 11.8 Å². The number of rotatable bonds is 4. The van der Waals surface area contributed by atoms with Crippen LogP contribution in [0.15, 0.2) is 5.57 Å². The van der Waals surface area contributed by atoms with Gasteiger partial charge in [-0.3, -0.25) is 5.57 Å². The van der Waals surface area contributed by atoms with Crippen LogP contribution < -0.4 is 0 Å². The number of hydrogen-bond acceptors (Lipinski definition) is 0. The molecule has 0 saturated heterocycles. The third-order valence-electron chi connectivity index (χ3n) is 1.53. The second-order valence-electron chi connectivity index (χ2n) is 4.15. The summed E-state index contributed by atoms with van der Waals surface area (Å²) in [6.07, 6.45) is 5.74. The van der Waals surface area contributed by atoms with Crippen molar-refractivity contribution >= 4 is 0 Å². The van der Waals surface area contributed by atoms with E-state index in [0.717, 1.165) is 18.3 Å². The summed E-state index contributed by atoms with van der Waals surface area (Å²) in [4.78, 5) is 0. The van der Waals surface area contributed by atoms with Crippen molar-refractivity contribution in [2.45, 2.75) is 47.5 Å². The van der Waals surface area contributed by atoms with Crippen LogP contribution in [0.5, 0.6) is 0 Å². The molecular formula is C11H21Y-. The average molecular weight is 242 g/mol. The van der Waals surface area contributed by atoms with Crippen molar-refractivity contribution in [3.63, 3.8) is 0 Å². The van der Waals surface area contributed by atoms with E-state index in [2.05, 4.69) is 40.7 Å². The second kappa shape index (κ2) is 8.44. The second-order valence-corrected chi connectivity index (χ2v) is 4.15. The zero-order chi connectivity index (χ0) is 8.85. The molecule has 1 radical (unpaired) electrons. The summed E-state index contributed by atoms with van der Waals surface area (Å²) >= 11 is 0. The molecular weight excluding hydrogens is 221 g/mol. The summed E-state index contributed by atoms with van der Waals surface area (Å²) in [5.74, 6) is 1.52. The third kappa shape index (κ3) is 10.8. The van der Waals surface area contributed by atoms with Gasteiger partial charge in [-0.2, -0.15) is 6.42 Å². The summed E-state index contributed by atoms with van der Waals surface area (Å²) in [6, 6.07) is 0. The van der Waals surface area contributed by atoms with Crippen LogP contribution in [0.3, 0.4) is 0 Å². The van der Waals surface area contributed by atoms with E-state index in [9.17, 15) is 0 Å². The Morgan fingerprint density at radius 2 is 1.58 bits per heavy atom. The van der Waals surface area contributed by atoms with Gasteiger partial charge in [0.25, 0.3) is 0 Å². The standard InChI is InChI=1S/C11H21.Y/c1-9(2)6-7-11(5)8-10(3)4;/h9-10H,6,8H2,1-5H3;/q-1;. The Morgan fingerprint density at radius 1 is 1.08 bits per heavy atom. The molecule has 0 aliphatic rings. The fourth-order valence-corrected chi connectivity index (χ4v) is 1.06. The summed E-state index contributed by atoms with van der Waals surface area (Å²) in [5.41, 5.74) is 1.42. The van der Waals surface area contributed by atoms with Crippen LogP contribution in [0.4, 0.5) is 0 Å². The molecule has 0 unspecified atom stereocenters. The SMILES string of the molecule is CC(=[C-]CC(C)C)CC(C)C.[Y]. The molecule has 0 amide bonds. The van der Waals surface area contributed by atoms with Gasteiger partial charge in [-0.25, -0.2) is 0 Å². The van der Waals surface area contributed by atoms with Crippen LogP contribution in [-0.4, -0.2) is 0 Å². The molecule has 0 saturated carbocycles. The Hall–Kier alpha value is 0.844. The van der Waals surface area contributed by atoms with Gasteiger partial charge < -0.3 is 6.08 Å². The molecule has 0 spiro atoms. The van der Waals surface area contributed by atoms with E-state index in [-0.39, 0.29) is 32.7 Å². The Labute approximate surface area is 103 Å². The monoisotopic (exact) mass is 242 g/mol. The van der Waals surface area contributed by atoms with E-state index in [0.29, 0.717) is 0 Å². The molecule has 0 fully saturated rings. The molecule has 0 nitrogen and oxygen atoms in total. The molecule has 0 bridgehead atoms.